The van der Waals surface area contributed by atoms with Crippen LogP contribution in [0.3, 0.4) is 0 Å². The summed E-state index contributed by atoms with van der Waals surface area (Å²) in [5.74, 6) is 0. The van der Waals surface area contributed by atoms with Crippen molar-refractivity contribution < 1.29 is 4.42 Å². The van der Waals surface area contributed by atoms with Gasteiger partial charge in [-0.3, -0.25) is 0 Å². The van der Waals surface area contributed by atoms with Crippen LogP contribution in [0.15, 0.2) is 198 Å². The average molecular weight is 836 g/mol. The van der Waals surface area contributed by atoms with E-state index < -0.39 is 0 Å². The summed E-state index contributed by atoms with van der Waals surface area (Å²) in [4.78, 5) is 10.9. The van der Waals surface area contributed by atoms with Crippen LogP contribution >= 0.6 is 11.3 Å². The zero-order chi connectivity index (χ0) is 42.1. The number of aromatic nitrogens is 3. The summed E-state index contributed by atoms with van der Waals surface area (Å²) >= 11 is 1.84. The van der Waals surface area contributed by atoms with Crippen LogP contribution in [0, 0.1) is 5.41 Å². The van der Waals surface area contributed by atoms with E-state index in [1.165, 1.54) is 58.7 Å². The maximum atomic E-state index is 6.65. The van der Waals surface area contributed by atoms with Gasteiger partial charge >= 0.3 is 0 Å². The van der Waals surface area contributed by atoms with Crippen molar-refractivity contribution in [2.24, 2.45) is 5.41 Å². The fourth-order valence-corrected chi connectivity index (χ4v) is 11.7. The van der Waals surface area contributed by atoms with Crippen molar-refractivity contribution >= 4 is 92.2 Å². The van der Waals surface area contributed by atoms with E-state index in [9.17, 15) is 0 Å². The molecule has 12 aromatic rings. The van der Waals surface area contributed by atoms with Crippen LogP contribution in [-0.2, 0) is 6.42 Å². The van der Waals surface area contributed by atoms with Crippen LogP contribution in [0.25, 0.3) is 120 Å². The van der Waals surface area contributed by atoms with Gasteiger partial charge in [-0.25, -0.2) is 9.97 Å². The van der Waals surface area contributed by atoms with Gasteiger partial charge in [0.25, 0.3) is 0 Å². The molecule has 2 aliphatic rings. The van der Waals surface area contributed by atoms with E-state index in [4.69, 9.17) is 14.4 Å². The summed E-state index contributed by atoms with van der Waals surface area (Å²) in [7, 11) is 0. The Hall–Kier alpha value is -7.86. The minimum Gasteiger partial charge on any atom is -0.436 e. The highest BCUT2D eigenvalue weighted by molar-refractivity contribution is 7.25. The molecular formula is C59H37N3OS. The molecule has 2 aliphatic carbocycles. The van der Waals surface area contributed by atoms with Crippen molar-refractivity contribution in [3.63, 3.8) is 0 Å². The molecule has 5 heteroatoms. The fraction of sp³-hybridized carbons (Fsp3) is 0.0508. The van der Waals surface area contributed by atoms with Gasteiger partial charge in [-0.1, -0.05) is 140 Å². The summed E-state index contributed by atoms with van der Waals surface area (Å²) in [5, 5.41) is 9.57. The second-order valence-corrected chi connectivity index (χ2v) is 18.7. The first-order chi connectivity index (χ1) is 31.5. The van der Waals surface area contributed by atoms with E-state index in [2.05, 4.69) is 200 Å². The lowest BCUT2D eigenvalue weighted by molar-refractivity contribution is 0.517. The summed E-state index contributed by atoms with van der Waals surface area (Å²) < 4.78 is 11.7. The minimum absolute atomic E-state index is 0.0594. The first-order valence-corrected chi connectivity index (χ1v) is 22.7. The van der Waals surface area contributed by atoms with Crippen molar-refractivity contribution in [3.8, 4) is 39.3 Å². The maximum absolute atomic E-state index is 6.65. The first kappa shape index (κ1) is 35.7. The van der Waals surface area contributed by atoms with Crippen LogP contribution in [-0.4, -0.2) is 14.5 Å². The second kappa shape index (κ2) is 13.3. The van der Waals surface area contributed by atoms with Gasteiger partial charge in [0.2, 0.25) is 5.71 Å². The number of benzene rings is 8. The Balaban J connectivity index is 0.976. The summed E-state index contributed by atoms with van der Waals surface area (Å²) in [6.45, 7) is 2.37. The molecule has 14 rings (SSSR count). The summed E-state index contributed by atoms with van der Waals surface area (Å²) in [5.41, 5.74) is 14.2. The SMILES string of the molecule is CC12C=CC=CC1=Cc1c(c3cc4ccccc4cc3n1-c1ccc(-c3nc4c(nc3-c3ccccc3)oc3cc(-c5ccc6sc7ccccc7c6c5)ccc34)c3ccccc13)C2. The quantitative estimate of drug-likeness (QED) is 0.177. The van der Waals surface area contributed by atoms with Gasteiger partial charge in [-0.05, 0) is 106 Å². The molecule has 0 saturated heterocycles. The number of furan rings is 1. The predicted octanol–water partition coefficient (Wildman–Crippen LogP) is 16.1. The number of nitrogens with zero attached hydrogens (tertiary/aromatic N) is 3. The Morgan fingerprint density at radius 3 is 2.22 bits per heavy atom. The Bertz CT molecular complexity index is 4070. The van der Waals surface area contributed by atoms with E-state index in [1.54, 1.807) is 0 Å². The molecule has 8 aromatic carbocycles. The van der Waals surface area contributed by atoms with Crippen LogP contribution in [0.4, 0.5) is 0 Å². The number of fused-ring (bicyclic) bond motifs is 12. The van der Waals surface area contributed by atoms with Crippen molar-refractivity contribution in [3.05, 3.63) is 205 Å². The number of thiophene rings is 1. The molecule has 0 aliphatic heterocycles. The fourth-order valence-electron chi connectivity index (χ4n) is 10.6. The third kappa shape index (κ3) is 5.22. The Morgan fingerprint density at radius 2 is 1.33 bits per heavy atom. The largest absolute Gasteiger partial charge is 0.436 e. The number of hydrogen-bond acceptors (Lipinski definition) is 4. The number of rotatable bonds is 4. The average Bonchev–Trinajstić information content (AvgIpc) is 3.99. The minimum atomic E-state index is -0.0594. The zero-order valence-electron chi connectivity index (χ0n) is 34.8. The third-order valence-electron chi connectivity index (χ3n) is 13.8. The summed E-state index contributed by atoms with van der Waals surface area (Å²) in [6, 6.07) is 59.1. The van der Waals surface area contributed by atoms with Gasteiger partial charge in [0.15, 0.2) is 0 Å². The molecular weight excluding hydrogens is 799 g/mol. The van der Waals surface area contributed by atoms with Crippen molar-refractivity contribution in [1.82, 2.24) is 14.5 Å². The second-order valence-electron chi connectivity index (χ2n) is 17.6. The van der Waals surface area contributed by atoms with Gasteiger partial charge in [0.05, 0.1) is 22.6 Å². The van der Waals surface area contributed by atoms with Crippen LogP contribution in [0.1, 0.15) is 18.2 Å². The van der Waals surface area contributed by atoms with E-state index in [-0.39, 0.29) is 5.41 Å². The number of hydrogen-bond donors (Lipinski definition) is 0. The van der Waals surface area contributed by atoms with Gasteiger partial charge in [0, 0.05) is 52.9 Å². The lowest BCUT2D eigenvalue weighted by atomic mass is 9.71. The van der Waals surface area contributed by atoms with Gasteiger partial charge in [-0.15, -0.1) is 11.3 Å². The lowest BCUT2D eigenvalue weighted by Gasteiger charge is -2.33. The Labute approximate surface area is 372 Å². The highest BCUT2D eigenvalue weighted by Gasteiger charge is 2.35. The van der Waals surface area contributed by atoms with E-state index >= 15 is 0 Å². The van der Waals surface area contributed by atoms with Gasteiger partial charge < -0.3 is 8.98 Å². The molecule has 64 heavy (non-hydrogen) atoms. The Morgan fingerprint density at radius 1 is 0.578 bits per heavy atom. The normalized spacial score (nSPS) is 15.9. The molecule has 1 unspecified atom stereocenters. The molecule has 0 amide bonds. The lowest BCUT2D eigenvalue weighted by Crippen LogP contribution is -2.24. The van der Waals surface area contributed by atoms with Crippen LogP contribution in [0.5, 0.6) is 0 Å². The third-order valence-corrected chi connectivity index (χ3v) is 14.9. The van der Waals surface area contributed by atoms with Crippen molar-refractivity contribution in [2.45, 2.75) is 13.3 Å². The molecule has 4 nitrogen and oxygen atoms in total. The predicted molar refractivity (Wildman–Crippen MR) is 268 cm³/mol. The molecule has 0 bridgehead atoms. The molecule has 0 spiro atoms. The topological polar surface area (TPSA) is 43.9 Å². The van der Waals surface area contributed by atoms with E-state index in [1.807, 2.05) is 17.4 Å². The monoisotopic (exact) mass is 835 g/mol. The molecule has 0 radical (unpaired) electrons. The van der Waals surface area contributed by atoms with E-state index in [0.29, 0.717) is 5.71 Å². The maximum Gasteiger partial charge on any atom is 0.246 e. The van der Waals surface area contributed by atoms with E-state index in [0.717, 1.165) is 73.0 Å². The molecule has 0 fully saturated rings. The molecule has 0 N–H and O–H groups in total. The van der Waals surface area contributed by atoms with Gasteiger partial charge in [-0.2, -0.15) is 0 Å². The van der Waals surface area contributed by atoms with Crippen molar-refractivity contribution in [2.75, 3.05) is 0 Å². The highest BCUT2D eigenvalue weighted by atomic mass is 32.1. The first-order valence-electron chi connectivity index (χ1n) is 21.9. The van der Waals surface area contributed by atoms with Crippen molar-refractivity contribution in [1.29, 1.82) is 0 Å². The summed E-state index contributed by atoms with van der Waals surface area (Å²) in [6.07, 6.45) is 12.4. The highest BCUT2D eigenvalue weighted by Crippen LogP contribution is 2.48. The molecule has 4 heterocycles. The smallest absolute Gasteiger partial charge is 0.246 e. The molecule has 4 aromatic heterocycles. The molecule has 1 atom stereocenters. The van der Waals surface area contributed by atoms with Crippen LogP contribution in [0.2, 0.25) is 0 Å². The zero-order valence-corrected chi connectivity index (χ0v) is 35.7. The number of allylic oxidation sites excluding steroid dienone is 5. The standard InChI is InChI=1S/C59H37N3OS/c1-59-28-12-11-17-40(59)33-51-48(34-59)46-29-36-15-5-6-16-37(36)31-50(46)62(51)49-26-25-44(41-18-7-8-19-42(41)49)56-55(35-13-3-2-4-14-35)61-58-57(60-56)45-24-22-39(32-52(45)63-58)38-23-27-54-47(30-38)43-20-9-10-21-53(43)64-54/h2-33H,34H2,1H3. The van der Waals surface area contributed by atoms with Crippen LogP contribution < -0.4 is 0 Å². The molecule has 300 valence electrons. The Kier molecular flexibility index (Phi) is 7.43. The van der Waals surface area contributed by atoms with Gasteiger partial charge in [0.1, 0.15) is 16.8 Å². The molecule has 0 saturated carbocycles.